The highest BCUT2D eigenvalue weighted by Crippen LogP contribution is 2.32. The zero-order chi connectivity index (χ0) is 19.3. The molecular weight excluding hydrogens is 324 g/mol. The number of para-hydroxylation sites is 1. The smallest absolute Gasteiger partial charge is 0.226 e. The summed E-state index contributed by atoms with van der Waals surface area (Å²) in [6.45, 7) is 10.2. The Morgan fingerprint density at radius 3 is 2.35 bits per heavy atom. The third kappa shape index (κ3) is 5.19. The SMILES string of the molecule is CC(=O)N(CCC(=O)Nc1cccc(C)c1)c1ccccc1C(C)(C)C. The van der Waals surface area contributed by atoms with E-state index in [1.54, 1.807) is 4.90 Å². The van der Waals surface area contributed by atoms with Gasteiger partial charge in [0.1, 0.15) is 0 Å². The molecule has 4 heteroatoms. The van der Waals surface area contributed by atoms with Gasteiger partial charge < -0.3 is 10.2 Å². The van der Waals surface area contributed by atoms with Crippen LogP contribution in [-0.2, 0) is 15.0 Å². The maximum absolute atomic E-state index is 12.3. The van der Waals surface area contributed by atoms with Gasteiger partial charge in [-0.3, -0.25) is 9.59 Å². The average Bonchev–Trinajstić information content (AvgIpc) is 2.54. The molecule has 0 saturated heterocycles. The second kappa shape index (κ2) is 8.17. The van der Waals surface area contributed by atoms with E-state index in [0.717, 1.165) is 22.5 Å². The minimum Gasteiger partial charge on any atom is -0.326 e. The average molecular weight is 352 g/mol. The summed E-state index contributed by atoms with van der Waals surface area (Å²) in [6, 6.07) is 15.6. The van der Waals surface area contributed by atoms with E-state index in [-0.39, 0.29) is 23.7 Å². The fraction of sp³-hybridized carbons (Fsp3) is 0.364. The van der Waals surface area contributed by atoms with Crippen molar-refractivity contribution in [2.45, 2.75) is 46.5 Å². The highest BCUT2D eigenvalue weighted by Gasteiger charge is 2.23. The summed E-state index contributed by atoms with van der Waals surface area (Å²) >= 11 is 0. The lowest BCUT2D eigenvalue weighted by molar-refractivity contribution is -0.117. The maximum Gasteiger partial charge on any atom is 0.226 e. The second-order valence-corrected chi connectivity index (χ2v) is 7.61. The summed E-state index contributed by atoms with van der Waals surface area (Å²) in [5.74, 6) is -0.167. The van der Waals surface area contributed by atoms with Gasteiger partial charge in [-0.15, -0.1) is 0 Å². The van der Waals surface area contributed by atoms with Crippen molar-refractivity contribution in [1.82, 2.24) is 0 Å². The molecule has 138 valence electrons. The van der Waals surface area contributed by atoms with E-state index < -0.39 is 0 Å². The van der Waals surface area contributed by atoms with Crippen LogP contribution in [0.3, 0.4) is 0 Å². The van der Waals surface area contributed by atoms with Gasteiger partial charge in [0, 0.05) is 31.3 Å². The molecule has 0 atom stereocenters. The van der Waals surface area contributed by atoms with Crippen LogP contribution in [-0.4, -0.2) is 18.4 Å². The van der Waals surface area contributed by atoms with Crippen molar-refractivity contribution in [3.05, 3.63) is 59.7 Å². The minimum atomic E-state index is -0.102. The van der Waals surface area contributed by atoms with Crippen LogP contribution in [0.2, 0.25) is 0 Å². The predicted molar refractivity (Wildman–Crippen MR) is 108 cm³/mol. The number of carbonyl (C=O) groups is 2. The quantitative estimate of drug-likeness (QED) is 0.850. The first kappa shape index (κ1) is 19.7. The van der Waals surface area contributed by atoms with Gasteiger partial charge in [0.2, 0.25) is 11.8 Å². The van der Waals surface area contributed by atoms with Gasteiger partial charge in [-0.1, -0.05) is 51.1 Å². The zero-order valence-electron chi connectivity index (χ0n) is 16.3. The molecule has 0 bridgehead atoms. The van der Waals surface area contributed by atoms with Gasteiger partial charge >= 0.3 is 0 Å². The van der Waals surface area contributed by atoms with E-state index in [4.69, 9.17) is 0 Å². The molecule has 2 aromatic carbocycles. The maximum atomic E-state index is 12.3. The molecule has 0 aliphatic carbocycles. The molecule has 2 rings (SSSR count). The van der Waals surface area contributed by atoms with Gasteiger partial charge in [-0.2, -0.15) is 0 Å². The van der Waals surface area contributed by atoms with Crippen LogP contribution >= 0.6 is 0 Å². The molecule has 0 saturated carbocycles. The van der Waals surface area contributed by atoms with Gasteiger partial charge in [0.15, 0.2) is 0 Å². The van der Waals surface area contributed by atoms with Crippen molar-refractivity contribution in [1.29, 1.82) is 0 Å². The number of amides is 2. The van der Waals surface area contributed by atoms with E-state index in [9.17, 15) is 9.59 Å². The number of hydrogen-bond donors (Lipinski definition) is 1. The largest absolute Gasteiger partial charge is 0.326 e. The molecule has 2 amide bonds. The summed E-state index contributed by atoms with van der Waals surface area (Å²) in [6.07, 6.45) is 0.242. The number of anilines is 2. The number of rotatable bonds is 5. The van der Waals surface area contributed by atoms with Crippen LogP contribution < -0.4 is 10.2 Å². The summed E-state index contributed by atoms with van der Waals surface area (Å²) in [4.78, 5) is 26.2. The lowest BCUT2D eigenvalue weighted by Gasteiger charge is -2.29. The summed E-state index contributed by atoms with van der Waals surface area (Å²) < 4.78 is 0. The number of nitrogens with one attached hydrogen (secondary N) is 1. The Kier molecular flexibility index (Phi) is 6.19. The molecule has 4 nitrogen and oxygen atoms in total. The molecule has 0 fully saturated rings. The van der Waals surface area contributed by atoms with Gasteiger partial charge in [-0.05, 0) is 41.7 Å². The number of aryl methyl sites for hydroxylation is 1. The molecule has 0 aliphatic heterocycles. The van der Waals surface area contributed by atoms with Gasteiger partial charge in [0.05, 0.1) is 0 Å². The summed E-state index contributed by atoms with van der Waals surface area (Å²) in [7, 11) is 0. The van der Waals surface area contributed by atoms with E-state index in [1.165, 1.54) is 6.92 Å². The van der Waals surface area contributed by atoms with Crippen LogP contribution in [0.5, 0.6) is 0 Å². The van der Waals surface area contributed by atoms with E-state index >= 15 is 0 Å². The third-order valence-electron chi connectivity index (χ3n) is 4.25. The van der Waals surface area contributed by atoms with Crippen molar-refractivity contribution < 1.29 is 9.59 Å². The molecule has 0 heterocycles. The highest BCUT2D eigenvalue weighted by molar-refractivity contribution is 5.95. The lowest BCUT2D eigenvalue weighted by Crippen LogP contribution is -2.34. The molecule has 26 heavy (non-hydrogen) atoms. The van der Waals surface area contributed by atoms with Crippen LogP contribution in [0.15, 0.2) is 48.5 Å². The Hall–Kier alpha value is -2.62. The van der Waals surface area contributed by atoms with E-state index in [2.05, 4.69) is 26.1 Å². The number of benzene rings is 2. The Balaban J connectivity index is 2.12. The fourth-order valence-corrected chi connectivity index (χ4v) is 2.95. The van der Waals surface area contributed by atoms with Crippen molar-refractivity contribution in [2.24, 2.45) is 0 Å². The molecule has 0 spiro atoms. The number of carbonyl (C=O) groups excluding carboxylic acids is 2. The molecule has 0 aromatic heterocycles. The third-order valence-corrected chi connectivity index (χ3v) is 4.25. The van der Waals surface area contributed by atoms with Crippen molar-refractivity contribution in [2.75, 3.05) is 16.8 Å². The predicted octanol–water partition coefficient (Wildman–Crippen LogP) is 4.67. The molecule has 0 radical (unpaired) electrons. The fourth-order valence-electron chi connectivity index (χ4n) is 2.95. The summed E-state index contributed by atoms with van der Waals surface area (Å²) in [5.41, 5.74) is 3.74. The van der Waals surface area contributed by atoms with Crippen molar-refractivity contribution >= 4 is 23.2 Å². The first-order valence-electron chi connectivity index (χ1n) is 8.92. The number of nitrogens with zero attached hydrogens (tertiary/aromatic N) is 1. The summed E-state index contributed by atoms with van der Waals surface area (Å²) in [5, 5.41) is 2.90. The lowest BCUT2D eigenvalue weighted by atomic mass is 9.85. The molecule has 0 aliphatic rings. The van der Waals surface area contributed by atoms with Crippen LogP contribution in [0.1, 0.15) is 45.2 Å². The van der Waals surface area contributed by atoms with E-state index in [1.807, 2.05) is 55.5 Å². The number of hydrogen-bond acceptors (Lipinski definition) is 2. The van der Waals surface area contributed by atoms with Crippen molar-refractivity contribution in [3.8, 4) is 0 Å². The Morgan fingerprint density at radius 1 is 1.04 bits per heavy atom. The zero-order valence-corrected chi connectivity index (χ0v) is 16.3. The molecular formula is C22H28N2O2. The normalized spacial score (nSPS) is 11.1. The van der Waals surface area contributed by atoms with Crippen LogP contribution in [0.25, 0.3) is 0 Å². The standard InChI is InChI=1S/C22H28N2O2/c1-16-9-8-10-18(15-16)23-21(26)13-14-24(17(2)25)20-12-7-6-11-19(20)22(3,4)5/h6-12,15H,13-14H2,1-5H3,(H,23,26). The molecule has 2 aromatic rings. The highest BCUT2D eigenvalue weighted by atomic mass is 16.2. The Labute approximate surface area is 156 Å². The molecule has 1 N–H and O–H groups in total. The first-order valence-corrected chi connectivity index (χ1v) is 8.92. The van der Waals surface area contributed by atoms with Crippen molar-refractivity contribution in [3.63, 3.8) is 0 Å². The Morgan fingerprint density at radius 2 is 1.73 bits per heavy atom. The van der Waals surface area contributed by atoms with E-state index in [0.29, 0.717) is 6.54 Å². The molecule has 0 unspecified atom stereocenters. The first-order chi connectivity index (χ1) is 12.2. The monoisotopic (exact) mass is 352 g/mol. The van der Waals surface area contributed by atoms with Crippen LogP contribution in [0.4, 0.5) is 11.4 Å². The second-order valence-electron chi connectivity index (χ2n) is 7.61. The minimum absolute atomic E-state index is 0.0648. The topological polar surface area (TPSA) is 49.4 Å². The Bertz CT molecular complexity index is 791. The van der Waals surface area contributed by atoms with Gasteiger partial charge in [0.25, 0.3) is 0 Å². The van der Waals surface area contributed by atoms with Crippen LogP contribution in [0, 0.1) is 6.92 Å². The van der Waals surface area contributed by atoms with Gasteiger partial charge in [-0.25, -0.2) is 0 Å².